The molecule has 2 N–H and O–H groups in total. The van der Waals surface area contributed by atoms with Crippen LogP contribution < -0.4 is 5.73 Å². The van der Waals surface area contributed by atoms with Crippen LogP contribution in [0.15, 0.2) is 23.1 Å². The maximum absolute atomic E-state index is 12.7. The second-order valence-electron chi connectivity index (χ2n) is 4.77. The van der Waals surface area contributed by atoms with Crippen molar-refractivity contribution in [2.45, 2.75) is 30.8 Å². The number of nitrogens with zero attached hydrogens (tertiary/aromatic N) is 1. The molecular weight excluding hydrogens is 300 g/mol. The average Bonchev–Trinajstić information content (AvgIpc) is 2.91. The van der Waals surface area contributed by atoms with Crippen LogP contribution in [0.2, 0.25) is 5.02 Å². The molecule has 1 aromatic carbocycles. The number of nitrogens with two attached hydrogens (primary N) is 1. The van der Waals surface area contributed by atoms with E-state index in [0.717, 1.165) is 12.8 Å². The summed E-state index contributed by atoms with van der Waals surface area (Å²) in [7, 11) is -3.65. The van der Waals surface area contributed by atoms with E-state index in [1.807, 2.05) is 0 Å². The number of rotatable bonds is 5. The summed E-state index contributed by atoms with van der Waals surface area (Å²) in [5, 5.41) is 0.353. The summed E-state index contributed by atoms with van der Waals surface area (Å²) in [5.74, 6) is 0. The van der Waals surface area contributed by atoms with Crippen LogP contribution in [0.3, 0.4) is 0 Å². The van der Waals surface area contributed by atoms with E-state index in [4.69, 9.17) is 22.1 Å². The smallest absolute Gasteiger partial charge is 0.245 e. The van der Waals surface area contributed by atoms with Crippen LogP contribution in [-0.4, -0.2) is 38.5 Å². The molecule has 0 spiro atoms. The summed E-state index contributed by atoms with van der Waals surface area (Å²) in [4.78, 5) is 0.0600. The first kappa shape index (κ1) is 15.6. The third kappa shape index (κ3) is 3.25. The van der Waals surface area contributed by atoms with Crippen molar-refractivity contribution in [2.24, 2.45) is 0 Å². The minimum absolute atomic E-state index is 0.0369. The number of benzene rings is 1. The van der Waals surface area contributed by atoms with Crippen molar-refractivity contribution in [3.8, 4) is 0 Å². The monoisotopic (exact) mass is 318 g/mol. The molecule has 20 heavy (non-hydrogen) atoms. The molecule has 2 rings (SSSR count). The maximum atomic E-state index is 12.7. The minimum Gasteiger partial charge on any atom is -0.398 e. The summed E-state index contributed by atoms with van der Waals surface area (Å²) in [5.41, 5.74) is 5.99. The van der Waals surface area contributed by atoms with Crippen molar-refractivity contribution in [1.82, 2.24) is 4.31 Å². The van der Waals surface area contributed by atoms with Crippen LogP contribution in [0.4, 0.5) is 5.69 Å². The predicted octanol–water partition coefficient (Wildman–Crippen LogP) is 2.11. The van der Waals surface area contributed by atoms with Gasteiger partial charge >= 0.3 is 0 Å². The molecule has 0 saturated carbocycles. The van der Waals surface area contributed by atoms with Gasteiger partial charge in [0.05, 0.1) is 11.8 Å². The van der Waals surface area contributed by atoms with Gasteiger partial charge in [-0.3, -0.25) is 0 Å². The second-order valence-corrected chi connectivity index (χ2v) is 7.12. The first-order valence-electron chi connectivity index (χ1n) is 6.62. The number of anilines is 1. The maximum Gasteiger partial charge on any atom is 0.245 e. The van der Waals surface area contributed by atoms with Crippen LogP contribution in [-0.2, 0) is 14.8 Å². The Morgan fingerprint density at radius 1 is 1.50 bits per heavy atom. The molecule has 1 fully saturated rings. The molecule has 1 saturated heterocycles. The van der Waals surface area contributed by atoms with E-state index in [1.165, 1.54) is 16.4 Å². The van der Waals surface area contributed by atoms with Gasteiger partial charge in [-0.2, -0.15) is 4.31 Å². The molecule has 1 aliphatic rings. The van der Waals surface area contributed by atoms with Crippen molar-refractivity contribution in [1.29, 1.82) is 0 Å². The number of likely N-dealkylation sites (N-methyl/N-ethyl adjacent to an activating group) is 1. The number of sulfonamides is 1. The zero-order valence-corrected chi connectivity index (χ0v) is 13.0. The van der Waals surface area contributed by atoms with Gasteiger partial charge in [-0.05, 0) is 31.0 Å². The molecule has 112 valence electrons. The van der Waals surface area contributed by atoms with Gasteiger partial charge in [0.25, 0.3) is 0 Å². The largest absolute Gasteiger partial charge is 0.398 e. The quantitative estimate of drug-likeness (QED) is 0.844. The molecule has 1 aromatic rings. The highest BCUT2D eigenvalue weighted by molar-refractivity contribution is 7.89. The number of ether oxygens (including phenoxy) is 1. The number of nitrogen functional groups attached to an aromatic ring is 1. The molecule has 0 aromatic heterocycles. The van der Waals surface area contributed by atoms with Crippen molar-refractivity contribution in [3.05, 3.63) is 23.2 Å². The normalized spacial score (nSPS) is 19.6. The zero-order valence-electron chi connectivity index (χ0n) is 11.4. The van der Waals surface area contributed by atoms with Gasteiger partial charge in [0.1, 0.15) is 4.90 Å². The van der Waals surface area contributed by atoms with Crippen LogP contribution in [0.5, 0.6) is 0 Å². The third-order valence-corrected chi connectivity index (χ3v) is 5.61. The third-order valence-electron chi connectivity index (χ3n) is 3.38. The Morgan fingerprint density at radius 3 is 2.85 bits per heavy atom. The number of hydrogen-bond acceptors (Lipinski definition) is 4. The van der Waals surface area contributed by atoms with E-state index in [0.29, 0.717) is 24.7 Å². The average molecular weight is 319 g/mol. The SMILES string of the molecule is CCN(CC1CCCO1)S(=O)(=O)c1cc(Cl)ccc1N. The standard InChI is InChI=1S/C13H19ClN2O3S/c1-2-16(9-11-4-3-7-19-11)20(17,18)13-8-10(14)5-6-12(13)15/h5-6,8,11H,2-4,7,9,15H2,1H3. The number of halogens is 1. The Morgan fingerprint density at radius 2 is 2.25 bits per heavy atom. The first-order chi connectivity index (χ1) is 9.45. The predicted molar refractivity (Wildman–Crippen MR) is 79.3 cm³/mol. The molecule has 1 unspecified atom stereocenters. The molecule has 0 amide bonds. The molecule has 0 radical (unpaired) electrons. The van der Waals surface area contributed by atoms with Gasteiger partial charge in [-0.1, -0.05) is 18.5 Å². The fourth-order valence-electron chi connectivity index (χ4n) is 2.28. The van der Waals surface area contributed by atoms with Gasteiger partial charge in [-0.15, -0.1) is 0 Å². The summed E-state index contributed by atoms with van der Waals surface area (Å²) < 4.78 is 32.2. The van der Waals surface area contributed by atoms with Crippen molar-refractivity contribution in [2.75, 3.05) is 25.4 Å². The molecule has 7 heteroatoms. The summed E-state index contributed by atoms with van der Waals surface area (Å²) in [6.45, 7) is 3.22. The Labute approximate surface area is 124 Å². The van der Waals surface area contributed by atoms with Crippen molar-refractivity contribution < 1.29 is 13.2 Å². The van der Waals surface area contributed by atoms with E-state index < -0.39 is 10.0 Å². The highest BCUT2D eigenvalue weighted by atomic mass is 35.5. The fourth-order valence-corrected chi connectivity index (χ4v) is 4.14. The summed E-state index contributed by atoms with van der Waals surface area (Å²) in [6.07, 6.45) is 1.82. The lowest BCUT2D eigenvalue weighted by Gasteiger charge is -2.24. The zero-order chi connectivity index (χ0) is 14.8. The molecule has 0 aliphatic carbocycles. The molecule has 1 heterocycles. The van der Waals surface area contributed by atoms with Gasteiger partial charge in [-0.25, -0.2) is 8.42 Å². The Kier molecular flexibility index (Phi) is 4.90. The van der Waals surface area contributed by atoms with E-state index in [-0.39, 0.29) is 16.7 Å². The molecule has 1 atom stereocenters. The van der Waals surface area contributed by atoms with Crippen molar-refractivity contribution >= 4 is 27.3 Å². The van der Waals surface area contributed by atoms with Gasteiger partial charge in [0.2, 0.25) is 10.0 Å². The topological polar surface area (TPSA) is 72.6 Å². The van der Waals surface area contributed by atoms with E-state index in [2.05, 4.69) is 0 Å². The lowest BCUT2D eigenvalue weighted by molar-refractivity contribution is 0.0947. The van der Waals surface area contributed by atoms with Crippen LogP contribution in [0, 0.1) is 0 Å². The van der Waals surface area contributed by atoms with Crippen molar-refractivity contribution in [3.63, 3.8) is 0 Å². The second kappa shape index (κ2) is 6.30. The Bertz CT molecular complexity index is 571. The van der Waals surface area contributed by atoms with E-state index in [1.54, 1.807) is 13.0 Å². The molecular formula is C13H19ClN2O3S. The summed E-state index contributed by atoms with van der Waals surface area (Å²) in [6, 6.07) is 4.48. The van der Waals surface area contributed by atoms with Gasteiger partial charge in [0, 0.05) is 24.7 Å². The highest BCUT2D eigenvalue weighted by Crippen LogP contribution is 2.26. The van der Waals surface area contributed by atoms with Crippen LogP contribution in [0.25, 0.3) is 0 Å². The van der Waals surface area contributed by atoms with E-state index >= 15 is 0 Å². The first-order valence-corrected chi connectivity index (χ1v) is 8.43. The summed E-state index contributed by atoms with van der Waals surface area (Å²) >= 11 is 5.88. The fraction of sp³-hybridized carbons (Fsp3) is 0.538. The lowest BCUT2D eigenvalue weighted by Crippen LogP contribution is -2.37. The number of hydrogen-bond donors (Lipinski definition) is 1. The highest BCUT2D eigenvalue weighted by Gasteiger charge is 2.29. The Balaban J connectivity index is 2.28. The van der Waals surface area contributed by atoms with Crippen LogP contribution >= 0.6 is 11.6 Å². The lowest BCUT2D eigenvalue weighted by atomic mass is 10.2. The Hall–Kier alpha value is -0.820. The molecule has 1 aliphatic heterocycles. The van der Waals surface area contributed by atoms with Crippen LogP contribution in [0.1, 0.15) is 19.8 Å². The minimum atomic E-state index is -3.65. The van der Waals surface area contributed by atoms with Gasteiger partial charge in [0.15, 0.2) is 0 Å². The van der Waals surface area contributed by atoms with Gasteiger partial charge < -0.3 is 10.5 Å². The molecule has 0 bridgehead atoms. The van der Waals surface area contributed by atoms with E-state index in [9.17, 15) is 8.42 Å². The molecule has 5 nitrogen and oxygen atoms in total.